The van der Waals surface area contributed by atoms with Crippen LogP contribution in [0.2, 0.25) is 0 Å². The van der Waals surface area contributed by atoms with Crippen LogP contribution >= 0.6 is 0 Å². The quantitative estimate of drug-likeness (QED) is 0.561. The van der Waals surface area contributed by atoms with Gasteiger partial charge in [0.25, 0.3) is 5.69 Å². The number of nitrogens with zero attached hydrogens (tertiary/aromatic N) is 2. The van der Waals surface area contributed by atoms with Gasteiger partial charge in [-0.3, -0.25) is 10.1 Å². The molecule has 0 saturated carbocycles. The van der Waals surface area contributed by atoms with Crippen molar-refractivity contribution >= 4 is 15.7 Å². The molecule has 1 fully saturated rings. The Balaban J connectivity index is 1.55. The summed E-state index contributed by atoms with van der Waals surface area (Å²) in [5, 5.41) is 10.7. The summed E-state index contributed by atoms with van der Waals surface area (Å²) in [7, 11) is -1.65. The van der Waals surface area contributed by atoms with Crippen LogP contribution in [0.3, 0.4) is 0 Å². The van der Waals surface area contributed by atoms with Gasteiger partial charge in [0.05, 0.1) is 9.82 Å². The molecule has 2 aromatic rings. The number of likely N-dealkylation sites (tertiary alicyclic amines) is 1. The Kier molecular flexibility index (Phi) is 6.28. The first-order chi connectivity index (χ1) is 13.3. The van der Waals surface area contributed by atoms with Crippen LogP contribution in [0.4, 0.5) is 5.69 Å². The molecule has 1 N–H and O–H groups in total. The summed E-state index contributed by atoms with van der Waals surface area (Å²) in [6, 6.07) is 12.1. The number of nitro groups is 1. The van der Waals surface area contributed by atoms with Crippen molar-refractivity contribution in [3.05, 3.63) is 64.2 Å². The van der Waals surface area contributed by atoms with E-state index in [0.29, 0.717) is 0 Å². The molecular weight excluding hydrogens is 382 g/mol. The summed E-state index contributed by atoms with van der Waals surface area (Å²) in [6.07, 6.45) is 2.20. The molecule has 150 valence electrons. The second-order valence-corrected chi connectivity index (χ2v) is 8.61. The number of rotatable bonds is 7. The van der Waals surface area contributed by atoms with Gasteiger partial charge in [-0.2, -0.15) is 0 Å². The number of ether oxygens (including phenoxy) is 1. The van der Waals surface area contributed by atoms with Crippen molar-refractivity contribution in [2.75, 3.05) is 20.1 Å². The molecule has 0 spiro atoms. The lowest BCUT2D eigenvalue weighted by molar-refractivity contribution is -0.384. The summed E-state index contributed by atoms with van der Waals surface area (Å²) < 4.78 is 33.2. The molecule has 0 atom stereocenters. The molecule has 1 aliphatic heterocycles. The maximum Gasteiger partial charge on any atom is 0.269 e. The first kappa shape index (κ1) is 20.2. The lowest BCUT2D eigenvalue weighted by Crippen LogP contribution is -2.35. The molecule has 2 aromatic carbocycles. The van der Waals surface area contributed by atoms with Crippen LogP contribution in [0.25, 0.3) is 0 Å². The maximum atomic E-state index is 12.3. The Bertz CT molecular complexity index is 906. The van der Waals surface area contributed by atoms with E-state index < -0.39 is 14.9 Å². The highest BCUT2D eigenvalue weighted by atomic mass is 32.2. The van der Waals surface area contributed by atoms with Gasteiger partial charge < -0.3 is 9.64 Å². The average Bonchev–Trinajstić information content (AvgIpc) is 2.69. The number of hydrogen-bond donors (Lipinski definition) is 1. The molecule has 1 saturated heterocycles. The third-order valence-electron chi connectivity index (χ3n) is 4.72. The third kappa shape index (κ3) is 5.28. The molecule has 9 heteroatoms. The van der Waals surface area contributed by atoms with Gasteiger partial charge in [-0.05, 0) is 49.7 Å². The van der Waals surface area contributed by atoms with Crippen LogP contribution in [0.1, 0.15) is 18.4 Å². The topological polar surface area (TPSA) is 102 Å². The summed E-state index contributed by atoms with van der Waals surface area (Å²) >= 11 is 0. The Morgan fingerprint density at radius 3 is 2.29 bits per heavy atom. The standard InChI is InChI=1S/C19H23N3O5S/c1-21-12-10-18(11-13-21)27-17-6-2-15(3-7-17)14-20-28(25,26)19-8-4-16(5-9-19)22(23)24/h2-9,18,20H,10-14H2,1H3. The van der Waals surface area contributed by atoms with E-state index in [-0.39, 0.29) is 23.2 Å². The summed E-state index contributed by atoms with van der Waals surface area (Å²) in [4.78, 5) is 12.4. The number of nitro benzene ring substituents is 1. The first-order valence-electron chi connectivity index (χ1n) is 9.02. The van der Waals surface area contributed by atoms with Gasteiger partial charge >= 0.3 is 0 Å². The van der Waals surface area contributed by atoms with Gasteiger partial charge in [0.1, 0.15) is 11.9 Å². The number of hydrogen-bond acceptors (Lipinski definition) is 6. The van der Waals surface area contributed by atoms with Gasteiger partial charge in [0, 0.05) is 31.8 Å². The van der Waals surface area contributed by atoms with Crippen molar-refractivity contribution in [2.45, 2.75) is 30.4 Å². The minimum atomic E-state index is -3.75. The summed E-state index contributed by atoms with van der Waals surface area (Å²) in [5.41, 5.74) is 0.639. The highest BCUT2D eigenvalue weighted by Crippen LogP contribution is 2.20. The molecule has 0 amide bonds. The van der Waals surface area contributed by atoms with Gasteiger partial charge in [-0.1, -0.05) is 12.1 Å². The minimum Gasteiger partial charge on any atom is -0.490 e. The molecule has 0 bridgehead atoms. The van der Waals surface area contributed by atoms with Crippen molar-refractivity contribution in [3.63, 3.8) is 0 Å². The Hall–Kier alpha value is -2.49. The molecule has 0 aromatic heterocycles. The minimum absolute atomic E-state index is 0.0136. The van der Waals surface area contributed by atoms with Crippen LogP contribution < -0.4 is 9.46 Å². The van der Waals surface area contributed by atoms with E-state index in [2.05, 4.69) is 16.7 Å². The molecule has 0 radical (unpaired) electrons. The molecule has 28 heavy (non-hydrogen) atoms. The smallest absolute Gasteiger partial charge is 0.269 e. The van der Waals surface area contributed by atoms with Gasteiger partial charge in [-0.25, -0.2) is 13.1 Å². The molecule has 3 rings (SSSR count). The number of sulfonamides is 1. The van der Waals surface area contributed by atoms with E-state index in [9.17, 15) is 18.5 Å². The van der Waals surface area contributed by atoms with E-state index in [0.717, 1.165) is 37.2 Å². The molecular formula is C19H23N3O5S. The van der Waals surface area contributed by atoms with Crippen LogP contribution in [0, 0.1) is 10.1 Å². The SMILES string of the molecule is CN1CCC(Oc2ccc(CNS(=O)(=O)c3ccc([N+](=O)[O-])cc3)cc2)CC1. The second kappa shape index (κ2) is 8.68. The zero-order valence-corrected chi connectivity index (χ0v) is 16.4. The van der Waals surface area contributed by atoms with E-state index in [4.69, 9.17) is 4.74 Å². The first-order valence-corrected chi connectivity index (χ1v) is 10.5. The van der Waals surface area contributed by atoms with E-state index in [1.165, 1.54) is 24.3 Å². The predicted molar refractivity (Wildman–Crippen MR) is 105 cm³/mol. The predicted octanol–water partition coefficient (Wildman–Crippen LogP) is 2.55. The Morgan fingerprint density at radius 1 is 1.11 bits per heavy atom. The number of piperidine rings is 1. The lowest BCUT2D eigenvalue weighted by Gasteiger charge is -2.29. The Labute approximate surface area is 164 Å². The van der Waals surface area contributed by atoms with Crippen molar-refractivity contribution in [2.24, 2.45) is 0 Å². The molecule has 8 nitrogen and oxygen atoms in total. The van der Waals surface area contributed by atoms with Gasteiger partial charge in [0.2, 0.25) is 10.0 Å². The van der Waals surface area contributed by atoms with Crippen LogP contribution in [0.5, 0.6) is 5.75 Å². The zero-order chi connectivity index (χ0) is 20.1. The molecule has 1 aliphatic rings. The summed E-state index contributed by atoms with van der Waals surface area (Å²) in [5.74, 6) is 0.775. The van der Waals surface area contributed by atoms with Crippen molar-refractivity contribution in [3.8, 4) is 5.75 Å². The highest BCUT2D eigenvalue weighted by molar-refractivity contribution is 7.89. The fourth-order valence-corrected chi connectivity index (χ4v) is 4.01. The van der Waals surface area contributed by atoms with E-state index in [1.54, 1.807) is 0 Å². The highest BCUT2D eigenvalue weighted by Gasteiger charge is 2.18. The van der Waals surface area contributed by atoms with Crippen LogP contribution in [0.15, 0.2) is 53.4 Å². The van der Waals surface area contributed by atoms with Crippen molar-refractivity contribution in [1.82, 2.24) is 9.62 Å². The summed E-state index contributed by atoms with van der Waals surface area (Å²) in [6.45, 7) is 2.16. The number of benzene rings is 2. The maximum absolute atomic E-state index is 12.3. The molecule has 0 aliphatic carbocycles. The molecule has 0 unspecified atom stereocenters. The number of non-ortho nitro benzene ring substituents is 1. The number of nitrogens with one attached hydrogen (secondary N) is 1. The zero-order valence-electron chi connectivity index (χ0n) is 15.6. The van der Waals surface area contributed by atoms with Crippen LogP contribution in [-0.2, 0) is 16.6 Å². The average molecular weight is 405 g/mol. The molecule has 1 heterocycles. The van der Waals surface area contributed by atoms with Crippen LogP contribution in [-0.4, -0.2) is 44.5 Å². The van der Waals surface area contributed by atoms with Crippen molar-refractivity contribution < 1.29 is 18.1 Å². The van der Waals surface area contributed by atoms with Gasteiger partial charge in [0.15, 0.2) is 0 Å². The van der Waals surface area contributed by atoms with Crippen molar-refractivity contribution in [1.29, 1.82) is 0 Å². The third-order valence-corrected chi connectivity index (χ3v) is 6.13. The van der Waals surface area contributed by atoms with Gasteiger partial charge in [-0.15, -0.1) is 0 Å². The lowest BCUT2D eigenvalue weighted by atomic mass is 10.1. The van der Waals surface area contributed by atoms with E-state index in [1.807, 2.05) is 24.3 Å². The fourth-order valence-electron chi connectivity index (χ4n) is 2.99. The second-order valence-electron chi connectivity index (χ2n) is 6.84. The van der Waals surface area contributed by atoms with E-state index >= 15 is 0 Å². The normalized spacial score (nSPS) is 16.0. The Morgan fingerprint density at radius 2 is 1.71 bits per heavy atom. The fraction of sp³-hybridized carbons (Fsp3) is 0.368. The monoisotopic (exact) mass is 405 g/mol. The largest absolute Gasteiger partial charge is 0.490 e.